The predicted octanol–water partition coefficient (Wildman–Crippen LogP) is -2.30. The van der Waals surface area contributed by atoms with Gasteiger partial charge in [0.25, 0.3) is 10.1 Å². The first-order valence-corrected chi connectivity index (χ1v) is 5.86. The smallest absolute Gasteiger partial charge is 0.273 e. The summed E-state index contributed by atoms with van der Waals surface area (Å²) in [7, 11) is -4.61. The number of hydrogen-bond donors (Lipinski definition) is 5. The lowest BCUT2D eigenvalue weighted by Crippen LogP contribution is -2.53. The van der Waals surface area contributed by atoms with Gasteiger partial charge in [-0.2, -0.15) is 8.42 Å². The Morgan fingerprint density at radius 2 is 1.60 bits per heavy atom. The molecular formula is C7H17NO6S. The fraction of sp³-hybridized carbons (Fsp3) is 1.00. The van der Waals surface area contributed by atoms with E-state index in [-0.39, 0.29) is 19.4 Å². The van der Waals surface area contributed by atoms with Crippen LogP contribution in [-0.2, 0) is 10.1 Å². The van der Waals surface area contributed by atoms with Crippen LogP contribution in [0.15, 0.2) is 0 Å². The zero-order chi connectivity index (χ0) is 12.1. The molecule has 0 heterocycles. The molecule has 1 atom stereocenters. The second-order valence-corrected chi connectivity index (χ2v) is 5.00. The van der Waals surface area contributed by atoms with Crippen molar-refractivity contribution >= 4 is 10.1 Å². The molecule has 0 saturated carbocycles. The van der Waals surface area contributed by atoms with E-state index in [0.29, 0.717) is 0 Å². The van der Waals surface area contributed by atoms with Crippen LogP contribution < -0.4 is 5.73 Å². The van der Waals surface area contributed by atoms with Gasteiger partial charge in [0.15, 0.2) is 0 Å². The van der Waals surface area contributed by atoms with Crippen LogP contribution in [0.2, 0.25) is 0 Å². The van der Waals surface area contributed by atoms with E-state index in [0.717, 1.165) is 0 Å². The molecule has 7 nitrogen and oxygen atoms in total. The third-order valence-electron chi connectivity index (χ3n) is 2.41. The summed E-state index contributed by atoms with van der Waals surface area (Å²) in [6.07, 6.45) is -2.30. The molecule has 0 saturated heterocycles. The first-order chi connectivity index (χ1) is 6.85. The third-order valence-corrected chi connectivity index (χ3v) is 4.12. The fourth-order valence-corrected chi connectivity index (χ4v) is 2.62. The summed E-state index contributed by atoms with van der Waals surface area (Å²) in [6, 6.07) is 0. The Hall–Kier alpha value is -0.250. The lowest BCUT2D eigenvalue weighted by atomic mass is 9.94. The standard InChI is InChI=1S/C7H17NO6S/c8-5-6(11)7(1-3-9,2-4-10)15(12,13)14/h6,9-11H,1-5,8H2,(H,12,13,14). The zero-order valence-corrected chi connectivity index (χ0v) is 9.02. The molecule has 0 radical (unpaired) electrons. The quantitative estimate of drug-likeness (QED) is 0.316. The topological polar surface area (TPSA) is 141 Å². The van der Waals surface area contributed by atoms with Crippen LogP contribution in [0.25, 0.3) is 0 Å². The van der Waals surface area contributed by atoms with E-state index >= 15 is 0 Å². The molecule has 1 unspecified atom stereocenters. The van der Waals surface area contributed by atoms with Gasteiger partial charge in [-0.15, -0.1) is 0 Å². The second kappa shape index (κ2) is 5.73. The Kier molecular flexibility index (Phi) is 5.63. The van der Waals surface area contributed by atoms with Gasteiger partial charge in [0.1, 0.15) is 4.75 Å². The van der Waals surface area contributed by atoms with Crippen molar-refractivity contribution in [1.29, 1.82) is 0 Å². The van der Waals surface area contributed by atoms with Gasteiger partial charge in [0.05, 0.1) is 6.10 Å². The number of hydrogen-bond acceptors (Lipinski definition) is 6. The van der Waals surface area contributed by atoms with Crippen molar-refractivity contribution in [3.8, 4) is 0 Å². The number of aliphatic hydroxyl groups is 3. The summed E-state index contributed by atoms with van der Waals surface area (Å²) in [5.41, 5.74) is 5.13. The largest absolute Gasteiger partial charge is 0.396 e. The summed E-state index contributed by atoms with van der Waals surface area (Å²) in [5, 5.41) is 26.9. The SMILES string of the molecule is NCC(O)C(CCO)(CCO)S(=O)(=O)O. The first-order valence-electron chi connectivity index (χ1n) is 4.42. The van der Waals surface area contributed by atoms with Crippen LogP contribution in [0.1, 0.15) is 12.8 Å². The fourth-order valence-electron chi connectivity index (χ4n) is 1.48. The maximum atomic E-state index is 11.2. The molecule has 0 aliphatic rings. The highest BCUT2D eigenvalue weighted by molar-refractivity contribution is 7.87. The molecule has 0 aliphatic carbocycles. The monoisotopic (exact) mass is 243 g/mol. The molecule has 0 aromatic heterocycles. The maximum Gasteiger partial charge on any atom is 0.273 e. The van der Waals surface area contributed by atoms with E-state index in [4.69, 9.17) is 20.5 Å². The van der Waals surface area contributed by atoms with Crippen LogP contribution in [0.4, 0.5) is 0 Å². The lowest BCUT2D eigenvalue weighted by Gasteiger charge is -2.33. The van der Waals surface area contributed by atoms with Crippen molar-refractivity contribution in [2.24, 2.45) is 5.73 Å². The lowest BCUT2D eigenvalue weighted by molar-refractivity contribution is 0.0891. The molecule has 0 fully saturated rings. The van der Waals surface area contributed by atoms with E-state index in [1.807, 2.05) is 0 Å². The summed E-state index contributed by atoms with van der Waals surface area (Å²) >= 11 is 0. The molecule has 0 aliphatic heterocycles. The normalized spacial score (nSPS) is 15.3. The van der Waals surface area contributed by atoms with Gasteiger partial charge in [0.2, 0.25) is 0 Å². The van der Waals surface area contributed by atoms with Gasteiger partial charge < -0.3 is 21.1 Å². The average molecular weight is 243 g/mol. The van der Waals surface area contributed by atoms with Crippen LogP contribution in [0, 0.1) is 0 Å². The van der Waals surface area contributed by atoms with Crippen molar-refractivity contribution in [2.75, 3.05) is 19.8 Å². The van der Waals surface area contributed by atoms with E-state index in [9.17, 15) is 13.5 Å². The summed E-state index contributed by atoms with van der Waals surface area (Å²) < 4.78 is 29.3. The molecule has 6 N–H and O–H groups in total. The van der Waals surface area contributed by atoms with Crippen LogP contribution in [0.3, 0.4) is 0 Å². The maximum absolute atomic E-state index is 11.2. The van der Waals surface area contributed by atoms with Crippen molar-refractivity contribution < 1.29 is 28.3 Å². The summed E-state index contributed by atoms with van der Waals surface area (Å²) in [6.45, 7) is -1.48. The van der Waals surface area contributed by atoms with Gasteiger partial charge in [-0.3, -0.25) is 4.55 Å². The minimum atomic E-state index is -4.61. The number of nitrogens with two attached hydrogens (primary N) is 1. The molecule has 0 amide bonds. The average Bonchev–Trinajstić information content (AvgIpc) is 2.14. The van der Waals surface area contributed by atoms with E-state index in [2.05, 4.69) is 0 Å². The Morgan fingerprint density at radius 3 is 1.80 bits per heavy atom. The first kappa shape index (κ1) is 14.8. The van der Waals surface area contributed by atoms with Crippen LogP contribution in [0.5, 0.6) is 0 Å². The van der Waals surface area contributed by atoms with Crippen LogP contribution >= 0.6 is 0 Å². The van der Waals surface area contributed by atoms with Gasteiger partial charge >= 0.3 is 0 Å². The highest BCUT2D eigenvalue weighted by atomic mass is 32.2. The predicted molar refractivity (Wildman–Crippen MR) is 52.7 cm³/mol. The molecule has 8 heteroatoms. The Balaban J connectivity index is 5.26. The molecule has 0 spiro atoms. The van der Waals surface area contributed by atoms with Crippen LogP contribution in [-0.4, -0.2) is 58.9 Å². The third kappa shape index (κ3) is 3.10. The van der Waals surface area contributed by atoms with E-state index in [1.165, 1.54) is 0 Å². The van der Waals surface area contributed by atoms with E-state index in [1.54, 1.807) is 0 Å². The molecule has 15 heavy (non-hydrogen) atoms. The molecule has 92 valence electrons. The number of aliphatic hydroxyl groups excluding tert-OH is 3. The highest BCUT2D eigenvalue weighted by Gasteiger charge is 2.47. The van der Waals surface area contributed by atoms with E-state index < -0.39 is 34.2 Å². The zero-order valence-electron chi connectivity index (χ0n) is 8.20. The van der Waals surface area contributed by atoms with Gasteiger partial charge in [-0.1, -0.05) is 0 Å². The Morgan fingerprint density at radius 1 is 1.20 bits per heavy atom. The Bertz CT molecular complexity index is 271. The van der Waals surface area contributed by atoms with Gasteiger partial charge in [-0.05, 0) is 12.8 Å². The molecule has 0 bridgehead atoms. The summed E-state index contributed by atoms with van der Waals surface area (Å²) in [5.74, 6) is 0. The van der Waals surface area contributed by atoms with Gasteiger partial charge in [-0.25, -0.2) is 0 Å². The van der Waals surface area contributed by atoms with Crippen molar-refractivity contribution in [1.82, 2.24) is 0 Å². The summed E-state index contributed by atoms with van der Waals surface area (Å²) in [4.78, 5) is 0. The second-order valence-electron chi connectivity index (χ2n) is 3.24. The molecule has 0 aromatic rings. The highest BCUT2D eigenvalue weighted by Crippen LogP contribution is 2.28. The Labute approximate surface area is 88.3 Å². The van der Waals surface area contributed by atoms with Gasteiger partial charge in [0, 0.05) is 19.8 Å². The van der Waals surface area contributed by atoms with Crippen molar-refractivity contribution in [3.63, 3.8) is 0 Å². The molecule has 0 aromatic carbocycles. The van der Waals surface area contributed by atoms with Crippen molar-refractivity contribution in [2.45, 2.75) is 23.7 Å². The minimum absolute atomic E-state index is 0.384. The van der Waals surface area contributed by atoms with Crippen molar-refractivity contribution in [3.05, 3.63) is 0 Å². The minimum Gasteiger partial charge on any atom is -0.396 e. The molecular weight excluding hydrogens is 226 g/mol. The molecule has 0 rings (SSSR count). The number of rotatable bonds is 7.